The molecule has 0 bridgehead atoms. The highest BCUT2D eigenvalue weighted by atomic mass is 16.5. The largest absolute Gasteiger partial charge is 0.497 e. The van der Waals surface area contributed by atoms with Gasteiger partial charge in [-0.25, -0.2) is 0 Å². The second-order valence-electron chi connectivity index (χ2n) is 35.0. The zero-order chi connectivity index (χ0) is 110. The molecule has 0 aromatic heterocycles. The Morgan fingerprint density at radius 2 is 0.327 bits per heavy atom. The molecule has 2 aliphatic carbocycles. The molecule has 6 aromatic rings. The fourth-order valence-corrected chi connectivity index (χ4v) is 16.3. The predicted molar refractivity (Wildman–Crippen MR) is 544 cm³/mol. The SMILES string of the molecule is COc1cc(OC)cc(C(=O)NCC[C@H](NC(C)=O)C(=O)NC2CC(NC(=O)[C@H](CCNC(=O)c3cc(OC)cc(OC)c3)NC(C)=O)CC(NC(=O)[C@H](CCNC(=O)c3cc(OC)cc(OC)c3)NC(C)=O)C2)c1.COc1cc(OC)cc(C(=O)N[C@@H](CCNC(C)=O)C(=O)NC2CC(NC(=O)[C@H](CCNC(C)=O)NC(=O)c3cc(OC)cc(OC)c3)CC(NC(=O)[C@H](CCNC(C)=O)NC(=O)c3cc(OC)cc(OC)c3)C2)c1. The molecule has 6 aromatic carbocycles. The Bertz CT molecular complexity index is 5050. The lowest BCUT2D eigenvalue weighted by atomic mass is 9.86. The summed E-state index contributed by atoms with van der Waals surface area (Å²) in [5.74, 6) is -5.76. The van der Waals surface area contributed by atoms with Gasteiger partial charge in [0.05, 0.1) is 85.3 Å². The molecular weight excluding hydrogens is 1960 g/mol. The Kier molecular flexibility index (Phi) is 49.0. The standard InChI is InChI=1S/2C51H69N9O15/c1-28(61)55-43(10-13-52-46(64)31-16-37(70-4)25-38(17-31)71-5)49(67)58-34-22-35(59-50(68)44(56-29(2)62)11-14-53-47(65)32-18-39(72-6)26-40(19-32)73-7)24-36(23-34)60-51(69)45(57-30(3)63)12-15-54-48(66)33-20-41(74-8)27-42(21-33)75-9;1-28(61)52-13-10-43(58-46(64)31-16-37(70-4)25-38(17-31)71-5)49(67)55-34-22-35(56-50(68)44(11-14-53-29(2)62)59-47(65)32-18-39(72-6)26-40(19-32)73-7)24-36(23-34)57-51(69)45(12-15-54-30(3)63)60-48(66)33-20-41(74-8)27-42(21-33)75-9/h16-21,25-27,34-36,43-45H,10-15,22-24H2,1-9H3,(H,52,64)(H,53,65)(H,54,66)(H,55,61)(H,56,62)(H,57,63)(H,58,67)(H,59,68)(H,60,69);16-21,25-27,34-36,43-45H,10-15,22-24H2,1-9H3,(H,52,61)(H,53,62)(H,54,63)(H,55,67)(H,56,68)(H,57,69)(H,58,64)(H,59,65)(H,60,66)/t2*34?,35?,36?,43-,44-,45-/m00/s1. The average Bonchev–Trinajstić information content (AvgIpc) is 0.825. The fourth-order valence-electron chi connectivity index (χ4n) is 16.3. The summed E-state index contributed by atoms with van der Waals surface area (Å²) in [6, 6.07) is 15.6. The van der Waals surface area contributed by atoms with Crippen molar-refractivity contribution in [3.63, 3.8) is 0 Å². The van der Waals surface area contributed by atoms with Gasteiger partial charge in [0, 0.05) is 187 Å². The monoisotopic (exact) mass is 2090 g/mol. The zero-order valence-corrected chi connectivity index (χ0v) is 87.3. The first-order chi connectivity index (χ1) is 71.5. The van der Waals surface area contributed by atoms with Gasteiger partial charge in [0.2, 0.25) is 70.9 Å². The Balaban J connectivity index is 0.000000406. The number of rotatable bonds is 54. The number of hydrogen-bond acceptors (Lipinski definition) is 30. The lowest BCUT2D eigenvalue weighted by Crippen LogP contribution is -2.59. The van der Waals surface area contributed by atoms with Gasteiger partial charge < -0.3 is 153 Å². The van der Waals surface area contributed by atoms with Gasteiger partial charge in [-0.05, 0) is 150 Å². The van der Waals surface area contributed by atoms with Crippen molar-refractivity contribution in [2.75, 3.05) is 125 Å². The normalized spacial score (nSPS) is 15.9. The van der Waals surface area contributed by atoms with Crippen LogP contribution in [0.4, 0.5) is 0 Å². The van der Waals surface area contributed by atoms with Gasteiger partial charge in [0.1, 0.15) is 105 Å². The number of methoxy groups -OCH3 is 12. The van der Waals surface area contributed by atoms with Crippen molar-refractivity contribution in [3.05, 3.63) is 143 Å². The fraction of sp³-hybridized carbons (Fsp3) is 0.471. The van der Waals surface area contributed by atoms with E-state index in [1.165, 1.54) is 200 Å². The van der Waals surface area contributed by atoms with Gasteiger partial charge >= 0.3 is 0 Å². The number of benzene rings is 6. The Hall–Kier alpha value is -16.6. The molecule has 8 rings (SSSR count). The minimum absolute atomic E-state index is 0.000557. The first-order valence-electron chi connectivity index (χ1n) is 48.1. The summed E-state index contributed by atoms with van der Waals surface area (Å²) in [7, 11) is 17.2. The van der Waals surface area contributed by atoms with Crippen LogP contribution < -0.4 is 153 Å². The molecule has 0 saturated heterocycles. The molecule has 18 N–H and O–H groups in total. The van der Waals surface area contributed by atoms with E-state index in [1.54, 1.807) is 36.4 Å². The summed E-state index contributed by atoms with van der Waals surface area (Å²) in [6.07, 6.45) is 0.394. The minimum Gasteiger partial charge on any atom is -0.497 e. The van der Waals surface area contributed by atoms with E-state index in [9.17, 15) is 86.3 Å². The Morgan fingerprint density at radius 1 is 0.193 bits per heavy atom. The highest BCUT2D eigenvalue weighted by Gasteiger charge is 2.40. The molecule has 0 spiro atoms. The quantitative estimate of drug-likeness (QED) is 0.0256. The number of carbonyl (C=O) groups excluding carboxylic acids is 18. The topological polar surface area (TPSA) is 635 Å². The van der Waals surface area contributed by atoms with Crippen LogP contribution in [0.2, 0.25) is 0 Å². The first kappa shape index (κ1) is 120. The first-order valence-corrected chi connectivity index (χ1v) is 48.1. The van der Waals surface area contributed by atoms with Crippen LogP contribution in [0, 0.1) is 0 Å². The van der Waals surface area contributed by atoms with Crippen LogP contribution in [0.3, 0.4) is 0 Å². The van der Waals surface area contributed by atoms with Gasteiger partial charge in [0.15, 0.2) is 0 Å². The van der Waals surface area contributed by atoms with Crippen molar-refractivity contribution in [3.8, 4) is 69.0 Å². The molecule has 0 unspecified atom stereocenters. The highest BCUT2D eigenvalue weighted by molar-refractivity contribution is 6.02. The van der Waals surface area contributed by atoms with E-state index in [-0.39, 0.29) is 167 Å². The Morgan fingerprint density at radius 3 is 0.460 bits per heavy atom. The van der Waals surface area contributed by atoms with Gasteiger partial charge in [-0.2, -0.15) is 0 Å². The van der Waals surface area contributed by atoms with E-state index in [4.69, 9.17) is 56.8 Å². The maximum absolute atomic E-state index is 14.4. The maximum Gasteiger partial charge on any atom is 0.252 e. The van der Waals surface area contributed by atoms with E-state index >= 15 is 0 Å². The van der Waals surface area contributed by atoms with Crippen molar-refractivity contribution in [1.29, 1.82) is 0 Å². The molecule has 816 valence electrons. The minimum atomic E-state index is -1.23. The lowest BCUT2D eigenvalue weighted by Gasteiger charge is -2.38. The average molecular weight is 2100 g/mol. The highest BCUT2D eigenvalue weighted by Crippen LogP contribution is 2.31. The summed E-state index contributed by atoms with van der Waals surface area (Å²) < 4.78 is 63.6. The summed E-state index contributed by atoms with van der Waals surface area (Å²) >= 11 is 0. The van der Waals surface area contributed by atoms with Gasteiger partial charge in [-0.1, -0.05) is 0 Å². The van der Waals surface area contributed by atoms with E-state index in [0.717, 1.165) is 0 Å². The zero-order valence-electron chi connectivity index (χ0n) is 87.3. The summed E-state index contributed by atoms with van der Waals surface area (Å²) in [6.45, 7) is 7.48. The van der Waals surface area contributed by atoms with Gasteiger partial charge in [-0.15, -0.1) is 0 Å². The number of amides is 18. The number of nitrogens with one attached hydrogen (secondary N) is 18. The molecule has 150 heavy (non-hydrogen) atoms. The van der Waals surface area contributed by atoms with Crippen LogP contribution in [0.1, 0.15) is 181 Å². The van der Waals surface area contributed by atoms with E-state index < -0.39 is 161 Å². The van der Waals surface area contributed by atoms with Gasteiger partial charge in [0.25, 0.3) is 35.4 Å². The Labute approximate surface area is 868 Å². The van der Waals surface area contributed by atoms with Crippen LogP contribution >= 0.6 is 0 Å². The van der Waals surface area contributed by atoms with Crippen molar-refractivity contribution in [2.45, 2.75) is 191 Å². The van der Waals surface area contributed by atoms with E-state index in [2.05, 4.69) is 95.7 Å². The third-order valence-electron chi connectivity index (χ3n) is 23.7. The molecular formula is C102H138N18O30. The van der Waals surface area contributed by atoms with E-state index in [1.807, 2.05) is 0 Å². The summed E-state index contributed by atoms with van der Waals surface area (Å²) in [5, 5.41) is 49.9. The second-order valence-corrected chi connectivity index (χ2v) is 35.0. The smallest absolute Gasteiger partial charge is 0.252 e. The third-order valence-corrected chi connectivity index (χ3v) is 23.7. The van der Waals surface area contributed by atoms with Crippen LogP contribution in [-0.4, -0.2) is 303 Å². The van der Waals surface area contributed by atoms with Gasteiger partial charge in [-0.3, -0.25) is 86.3 Å². The van der Waals surface area contributed by atoms with Crippen molar-refractivity contribution in [1.82, 2.24) is 95.7 Å². The molecule has 6 atom stereocenters. The predicted octanol–water partition coefficient (Wildman–Crippen LogP) is 1.30. The van der Waals surface area contributed by atoms with Crippen LogP contribution in [-0.2, 0) is 57.5 Å². The van der Waals surface area contributed by atoms with Crippen LogP contribution in [0.25, 0.3) is 0 Å². The maximum atomic E-state index is 14.4. The third kappa shape index (κ3) is 40.3. The van der Waals surface area contributed by atoms with Crippen molar-refractivity contribution < 1.29 is 143 Å². The van der Waals surface area contributed by atoms with Crippen molar-refractivity contribution >= 4 is 106 Å². The van der Waals surface area contributed by atoms with Crippen LogP contribution in [0.15, 0.2) is 109 Å². The number of carbonyl (C=O) groups is 18. The molecule has 48 nitrogen and oxygen atoms in total. The van der Waals surface area contributed by atoms with Crippen LogP contribution in [0.5, 0.6) is 69.0 Å². The summed E-state index contributed by atoms with van der Waals surface area (Å²) in [4.78, 5) is 239. The molecule has 0 radical (unpaired) electrons. The molecule has 2 fully saturated rings. The molecule has 48 heteroatoms. The molecule has 0 aliphatic heterocycles. The number of hydrogen-bond donors (Lipinski definition) is 18. The molecule has 2 aliphatic rings. The van der Waals surface area contributed by atoms with E-state index in [0.29, 0.717) is 69.0 Å². The second kappa shape index (κ2) is 61.1. The molecule has 2 saturated carbocycles. The molecule has 0 heterocycles. The summed E-state index contributed by atoms with van der Waals surface area (Å²) in [5.41, 5.74) is 1.04. The number of ether oxygens (including phenoxy) is 12. The van der Waals surface area contributed by atoms with Crippen molar-refractivity contribution in [2.24, 2.45) is 0 Å². The molecule has 18 amide bonds. The lowest BCUT2D eigenvalue weighted by molar-refractivity contribution is -0.130.